The number of thiol groups is 1. The molecule has 1 saturated heterocycles. The first-order chi connectivity index (χ1) is 18.6. The van der Waals surface area contributed by atoms with Gasteiger partial charge in [0.05, 0.1) is 18.8 Å². The molecule has 196 valence electrons. The Hall–Kier alpha value is -3.83. The highest BCUT2D eigenvalue weighted by molar-refractivity contribution is 7.80. The Bertz CT molecular complexity index is 1540. The highest BCUT2D eigenvalue weighted by Gasteiger charge is 2.27. The minimum Gasteiger partial charge on any atom is -0.491 e. The summed E-state index contributed by atoms with van der Waals surface area (Å²) in [6.07, 6.45) is 3.24. The molecule has 1 aromatic carbocycles. The lowest BCUT2D eigenvalue weighted by atomic mass is 10.1. The van der Waals surface area contributed by atoms with E-state index in [9.17, 15) is 4.79 Å². The van der Waals surface area contributed by atoms with Gasteiger partial charge in [0.2, 0.25) is 5.95 Å². The topological polar surface area (TPSA) is 93.3 Å². The molecule has 0 aliphatic carbocycles. The number of pyridine rings is 1. The third kappa shape index (κ3) is 4.41. The van der Waals surface area contributed by atoms with Crippen LogP contribution < -0.4 is 20.5 Å². The lowest BCUT2D eigenvalue weighted by Gasteiger charge is -2.34. The van der Waals surface area contributed by atoms with Crippen LogP contribution in [0.1, 0.15) is 11.6 Å². The first-order valence-corrected chi connectivity index (χ1v) is 13.3. The van der Waals surface area contributed by atoms with Crippen LogP contribution in [-0.4, -0.2) is 74.8 Å². The molecular formula is C27H30N8O2S. The minimum atomic E-state index is -0.202. The number of fused-ring (bicyclic) bond motifs is 2. The first kappa shape index (κ1) is 24.5. The number of likely N-dealkylation sites (N-methyl/N-ethyl adjacent to an activating group) is 1. The minimum absolute atomic E-state index is 0.0929. The number of piperazine rings is 1. The van der Waals surface area contributed by atoms with Crippen LogP contribution in [0, 0.1) is 0 Å². The average molecular weight is 531 g/mol. The van der Waals surface area contributed by atoms with Gasteiger partial charge in [-0.3, -0.25) is 4.79 Å². The van der Waals surface area contributed by atoms with E-state index in [1.165, 1.54) is 5.69 Å². The molecule has 0 spiro atoms. The maximum atomic E-state index is 13.3. The Morgan fingerprint density at radius 1 is 1.13 bits per heavy atom. The molecule has 0 amide bonds. The van der Waals surface area contributed by atoms with Crippen LogP contribution in [0.5, 0.6) is 5.75 Å². The lowest BCUT2D eigenvalue weighted by molar-refractivity contribution is 0.313. The van der Waals surface area contributed by atoms with Gasteiger partial charge in [0.25, 0.3) is 5.56 Å². The van der Waals surface area contributed by atoms with E-state index in [1.807, 2.05) is 24.3 Å². The fraction of sp³-hybridized carbons (Fsp3) is 0.333. The summed E-state index contributed by atoms with van der Waals surface area (Å²) in [7, 11) is 2.15. The molecule has 11 heteroatoms. The number of aromatic nitrogens is 5. The van der Waals surface area contributed by atoms with E-state index in [4.69, 9.17) is 14.7 Å². The second-order valence-corrected chi connectivity index (χ2v) is 9.99. The zero-order valence-corrected chi connectivity index (χ0v) is 22.1. The molecule has 1 N–H and O–H groups in total. The lowest BCUT2D eigenvalue weighted by Crippen LogP contribution is -2.44. The van der Waals surface area contributed by atoms with Crippen LogP contribution in [0.15, 0.2) is 60.0 Å². The molecule has 1 unspecified atom stereocenters. The van der Waals surface area contributed by atoms with E-state index in [-0.39, 0.29) is 11.5 Å². The number of nitrogens with zero attached hydrogens (tertiary/aromatic N) is 7. The van der Waals surface area contributed by atoms with Crippen molar-refractivity contribution in [3.05, 3.63) is 71.3 Å². The summed E-state index contributed by atoms with van der Waals surface area (Å²) in [5.41, 5.74) is 3.17. The fourth-order valence-electron chi connectivity index (χ4n) is 4.95. The van der Waals surface area contributed by atoms with Crippen molar-refractivity contribution in [2.24, 2.45) is 0 Å². The van der Waals surface area contributed by atoms with Crippen LogP contribution in [0.4, 0.5) is 17.3 Å². The van der Waals surface area contributed by atoms with Gasteiger partial charge in [-0.2, -0.15) is 17.6 Å². The van der Waals surface area contributed by atoms with Crippen LogP contribution in [-0.2, 0) is 6.54 Å². The smallest absolute Gasteiger partial charge is 0.278 e. The molecule has 0 saturated carbocycles. The largest absolute Gasteiger partial charge is 0.491 e. The predicted octanol–water partition coefficient (Wildman–Crippen LogP) is 3.06. The number of benzene rings is 1. The van der Waals surface area contributed by atoms with Gasteiger partial charge in [-0.25, -0.2) is 19.3 Å². The molecule has 4 aromatic rings. The van der Waals surface area contributed by atoms with E-state index in [0.717, 1.165) is 43.3 Å². The molecule has 2 aliphatic heterocycles. The fourth-order valence-corrected chi connectivity index (χ4v) is 5.23. The van der Waals surface area contributed by atoms with Crippen molar-refractivity contribution in [1.82, 2.24) is 29.2 Å². The Morgan fingerprint density at radius 2 is 1.92 bits per heavy atom. The molecule has 6 rings (SSSR count). The highest BCUT2D eigenvalue weighted by atomic mass is 32.1. The number of hydrogen-bond donors (Lipinski definition) is 2. The summed E-state index contributed by atoms with van der Waals surface area (Å²) in [5.74, 6) is 2.44. The van der Waals surface area contributed by atoms with Gasteiger partial charge >= 0.3 is 0 Å². The summed E-state index contributed by atoms with van der Waals surface area (Å²) < 4.78 is 9.06. The number of rotatable bonds is 7. The van der Waals surface area contributed by atoms with Crippen molar-refractivity contribution < 1.29 is 4.74 Å². The van der Waals surface area contributed by atoms with Crippen molar-refractivity contribution >= 4 is 41.0 Å². The zero-order chi connectivity index (χ0) is 26.2. The normalized spacial score (nSPS) is 17.4. The maximum Gasteiger partial charge on any atom is 0.278 e. The SMILES string of the molecule is C=CCn1c(=O)c2cnc(Nc3ccc(N4CCN(C)CC4)cc3)nc2n1-c1ccc2c(n1)C(CS)CO2. The zero-order valence-electron chi connectivity index (χ0n) is 21.2. The van der Waals surface area contributed by atoms with Gasteiger partial charge < -0.3 is 19.9 Å². The average Bonchev–Trinajstić information content (AvgIpc) is 3.47. The molecule has 0 bridgehead atoms. The monoisotopic (exact) mass is 530 g/mol. The van der Waals surface area contributed by atoms with E-state index in [1.54, 1.807) is 21.6 Å². The van der Waals surface area contributed by atoms with E-state index >= 15 is 0 Å². The van der Waals surface area contributed by atoms with Crippen molar-refractivity contribution in [3.63, 3.8) is 0 Å². The van der Waals surface area contributed by atoms with Crippen molar-refractivity contribution in [1.29, 1.82) is 0 Å². The Morgan fingerprint density at radius 3 is 2.66 bits per heavy atom. The van der Waals surface area contributed by atoms with Crippen molar-refractivity contribution in [2.75, 3.05) is 55.8 Å². The number of anilines is 3. The third-order valence-electron chi connectivity index (χ3n) is 7.10. The van der Waals surface area contributed by atoms with Crippen LogP contribution in [0.25, 0.3) is 16.9 Å². The van der Waals surface area contributed by atoms with Crippen molar-refractivity contribution in [2.45, 2.75) is 12.5 Å². The van der Waals surface area contributed by atoms with Crippen molar-refractivity contribution in [3.8, 4) is 11.6 Å². The third-order valence-corrected chi connectivity index (χ3v) is 7.55. The summed E-state index contributed by atoms with van der Waals surface area (Å²) in [4.78, 5) is 32.0. The molecule has 10 nitrogen and oxygen atoms in total. The Kier molecular flexibility index (Phi) is 6.54. The predicted molar refractivity (Wildman–Crippen MR) is 153 cm³/mol. The molecule has 38 heavy (non-hydrogen) atoms. The van der Waals surface area contributed by atoms with Gasteiger partial charge in [0, 0.05) is 55.4 Å². The van der Waals surface area contributed by atoms with E-state index in [2.05, 4.69) is 58.5 Å². The van der Waals surface area contributed by atoms with E-state index in [0.29, 0.717) is 41.7 Å². The van der Waals surface area contributed by atoms with E-state index < -0.39 is 0 Å². The molecule has 5 heterocycles. The highest BCUT2D eigenvalue weighted by Crippen LogP contribution is 2.34. The molecule has 1 fully saturated rings. The molecule has 1 atom stereocenters. The summed E-state index contributed by atoms with van der Waals surface area (Å²) >= 11 is 4.45. The van der Waals surface area contributed by atoms with Gasteiger partial charge in [-0.05, 0) is 43.4 Å². The maximum absolute atomic E-state index is 13.3. The number of nitrogens with one attached hydrogen (secondary N) is 1. The second kappa shape index (κ2) is 10.1. The first-order valence-electron chi connectivity index (χ1n) is 12.7. The van der Waals surface area contributed by atoms with Gasteiger partial charge in [-0.15, -0.1) is 6.58 Å². The Balaban J connectivity index is 1.34. The number of hydrogen-bond acceptors (Lipinski definition) is 9. The molecule has 3 aromatic heterocycles. The molecule has 2 aliphatic rings. The van der Waals surface area contributed by atoms with Gasteiger partial charge in [0.1, 0.15) is 11.1 Å². The van der Waals surface area contributed by atoms with Crippen LogP contribution in [0.3, 0.4) is 0 Å². The Labute approximate surface area is 226 Å². The summed E-state index contributed by atoms with van der Waals surface area (Å²) in [6, 6.07) is 12.0. The van der Waals surface area contributed by atoms with Crippen LogP contribution in [0.2, 0.25) is 0 Å². The van der Waals surface area contributed by atoms with Gasteiger partial charge in [-0.1, -0.05) is 6.08 Å². The standard InChI is InChI=1S/C27H30N8O2S/c1-3-10-34-26(36)21-15-28-27(29-19-4-6-20(7-5-19)33-13-11-32(2)12-14-33)31-25(21)35(34)23-9-8-22-24(30-23)18(17-38)16-37-22/h3-9,15,18,38H,1,10-14,16-17H2,2H3,(H,28,29,31). The second-order valence-electron chi connectivity index (χ2n) is 9.62. The summed E-state index contributed by atoms with van der Waals surface area (Å²) in [6.45, 7) is 8.82. The molecule has 0 radical (unpaired) electrons. The van der Waals surface area contributed by atoms with Crippen LogP contribution >= 0.6 is 12.6 Å². The quantitative estimate of drug-likeness (QED) is 0.278. The summed E-state index contributed by atoms with van der Waals surface area (Å²) in [5, 5.41) is 3.70. The number of ether oxygens (including phenoxy) is 1. The van der Waals surface area contributed by atoms with Gasteiger partial charge in [0.15, 0.2) is 11.5 Å². The molecular weight excluding hydrogens is 500 g/mol. The number of allylic oxidation sites excluding steroid dienone is 1.